The third-order valence-corrected chi connectivity index (χ3v) is 3.54. The smallest absolute Gasteiger partial charge is 0.305 e. The molecule has 0 amide bonds. The minimum absolute atomic E-state index is 0.474. The molecule has 0 bridgehead atoms. The minimum Gasteiger partial charge on any atom is -0.421 e. The monoisotopic (exact) mass is 332 g/mol. The first kappa shape index (κ1) is 19.9. The van der Waals surface area contributed by atoms with Gasteiger partial charge in [-0.3, -0.25) is 9.59 Å². The molecule has 0 heterocycles. The van der Waals surface area contributed by atoms with Gasteiger partial charge in [0.05, 0.1) is 0 Å². The van der Waals surface area contributed by atoms with Gasteiger partial charge in [-0.1, -0.05) is 51.0 Å². The largest absolute Gasteiger partial charge is 0.421 e. The zero-order valence-electron chi connectivity index (χ0n) is 15.1. The Labute approximate surface area is 144 Å². The summed E-state index contributed by atoms with van der Waals surface area (Å²) < 4.78 is 10.3. The van der Waals surface area contributed by atoms with Crippen LogP contribution in [0.5, 0.6) is 0 Å². The van der Waals surface area contributed by atoms with Crippen molar-refractivity contribution < 1.29 is 19.1 Å². The number of carbonyl (C=O) groups is 2. The normalized spacial score (nSPS) is 11.5. The Morgan fingerprint density at radius 2 is 1.58 bits per heavy atom. The van der Waals surface area contributed by atoms with E-state index in [9.17, 15) is 9.59 Å². The number of unbranched alkanes of at least 4 members (excludes halogenated alkanes) is 1. The molecule has 0 aromatic heterocycles. The van der Waals surface area contributed by atoms with Crippen LogP contribution >= 0.6 is 0 Å². The Morgan fingerprint density at radius 1 is 1.00 bits per heavy atom. The predicted octanol–water partition coefficient (Wildman–Crippen LogP) is 4.67. The fraction of sp³-hybridized carbons (Fsp3) is 0.500. The van der Waals surface area contributed by atoms with E-state index in [-0.39, 0.29) is 0 Å². The summed E-state index contributed by atoms with van der Waals surface area (Å²) in [5.74, 6) is -0.948. The van der Waals surface area contributed by atoms with Gasteiger partial charge in [0.25, 0.3) is 6.29 Å². The lowest BCUT2D eigenvalue weighted by Crippen LogP contribution is -2.24. The van der Waals surface area contributed by atoms with E-state index in [0.717, 1.165) is 24.0 Å². The van der Waals surface area contributed by atoms with Crippen LogP contribution in [0.4, 0.5) is 0 Å². The Bertz CT molecular complexity index is 542. The maximum Gasteiger partial charge on any atom is 0.305 e. The number of ether oxygens (including phenoxy) is 2. The summed E-state index contributed by atoms with van der Waals surface area (Å²) in [6.07, 6.45) is 5.95. The van der Waals surface area contributed by atoms with Crippen LogP contribution in [-0.2, 0) is 25.5 Å². The third kappa shape index (κ3) is 7.44. The Hall–Kier alpha value is -2.10. The van der Waals surface area contributed by atoms with Gasteiger partial charge >= 0.3 is 11.9 Å². The number of aryl methyl sites for hydroxylation is 1. The molecule has 1 rings (SSSR count). The van der Waals surface area contributed by atoms with Crippen molar-refractivity contribution in [1.82, 2.24) is 0 Å². The molecule has 0 saturated carbocycles. The first-order valence-corrected chi connectivity index (χ1v) is 8.60. The zero-order chi connectivity index (χ0) is 17.9. The molecule has 0 aliphatic rings. The highest BCUT2D eigenvalue weighted by molar-refractivity contribution is 5.69. The van der Waals surface area contributed by atoms with Crippen LogP contribution < -0.4 is 0 Å². The van der Waals surface area contributed by atoms with E-state index >= 15 is 0 Å². The average molecular weight is 332 g/mol. The molecule has 0 saturated heterocycles. The lowest BCUT2D eigenvalue weighted by Gasteiger charge is -2.19. The molecule has 0 radical (unpaired) electrons. The minimum atomic E-state index is -0.959. The van der Waals surface area contributed by atoms with Crippen molar-refractivity contribution in [3.05, 3.63) is 41.0 Å². The summed E-state index contributed by atoms with van der Waals surface area (Å²) in [6.45, 7) is 6.82. The molecular formula is C20H28O4. The topological polar surface area (TPSA) is 52.6 Å². The van der Waals surface area contributed by atoms with Gasteiger partial charge in [0.15, 0.2) is 0 Å². The highest BCUT2D eigenvalue weighted by Gasteiger charge is 2.20. The van der Waals surface area contributed by atoms with Crippen LogP contribution in [0.15, 0.2) is 29.8 Å². The van der Waals surface area contributed by atoms with Gasteiger partial charge in [-0.25, -0.2) is 0 Å². The molecule has 1 aromatic rings. The molecule has 0 aliphatic heterocycles. The molecular weight excluding hydrogens is 304 g/mol. The lowest BCUT2D eigenvalue weighted by atomic mass is 10.0. The van der Waals surface area contributed by atoms with Gasteiger partial charge in [-0.15, -0.1) is 0 Å². The number of benzene rings is 1. The summed E-state index contributed by atoms with van der Waals surface area (Å²) in [4.78, 5) is 22.6. The summed E-state index contributed by atoms with van der Waals surface area (Å²) in [7, 11) is 0. The van der Waals surface area contributed by atoms with E-state index in [1.54, 1.807) is 0 Å². The van der Waals surface area contributed by atoms with Crippen LogP contribution in [0.3, 0.4) is 0 Å². The van der Waals surface area contributed by atoms with Crippen LogP contribution in [0, 0.1) is 0 Å². The lowest BCUT2D eigenvalue weighted by molar-refractivity contribution is -0.178. The molecule has 1 aromatic carbocycles. The Kier molecular flexibility index (Phi) is 8.84. The van der Waals surface area contributed by atoms with E-state index in [4.69, 9.17) is 9.47 Å². The summed E-state index contributed by atoms with van der Waals surface area (Å²) in [5, 5.41) is 0. The zero-order valence-corrected chi connectivity index (χ0v) is 15.1. The second-order valence-corrected chi connectivity index (χ2v) is 5.87. The average Bonchev–Trinajstić information content (AvgIpc) is 2.52. The van der Waals surface area contributed by atoms with Gasteiger partial charge in [-0.05, 0) is 36.5 Å². The first-order valence-electron chi connectivity index (χ1n) is 8.60. The van der Waals surface area contributed by atoms with Crippen molar-refractivity contribution in [2.24, 2.45) is 0 Å². The van der Waals surface area contributed by atoms with Crippen molar-refractivity contribution in [2.45, 2.75) is 66.1 Å². The van der Waals surface area contributed by atoms with Crippen molar-refractivity contribution in [2.75, 3.05) is 0 Å². The van der Waals surface area contributed by atoms with E-state index < -0.39 is 18.2 Å². The van der Waals surface area contributed by atoms with Crippen LogP contribution in [-0.4, -0.2) is 18.2 Å². The fourth-order valence-corrected chi connectivity index (χ4v) is 2.40. The van der Waals surface area contributed by atoms with Gasteiger partial charge in [0.1, 0.15) is 0 Å². The van der Waals surface area contributed by atoms with Gasteiger partial charge in [0, 0.05) is 19.4 Å². The highest BCUT2D eigenvalue weighted by Crippen LogP contribution is 2.20. The van der Waals surface area contributed by atoms with Crippen LogP contribution in [0.1, 0.15) is 64.5 Å². The molecule has 4 nitrogen and oxygen atoms in total. The second kappa shape index (κ2) is 10.6. The van der Waals surface area contributed by atoms with Gasteiger partial charge in [0.2, 0.25) is 0 Å². The van der Waals surface area contributed by atoms with E-state index in [2.05, 4.69) is 19.1 Å². The maximum absolute atomic E-state index is 11.3. The molecule has 0 fully saturated rings. The Morgan fingerprint density at radius 3 is 2.04 bits per heavy atom. The molecule has 132 valence electrons. The molecule has 24 heavy (non-hydrogen) atoms. The quantitative estimate of drug-likeness (QED) is 0.487. The number of carbonyl (C=O) groups excluding carboxylic acids is 2. The van der Waals surface area contributed by atoms with Crippen LogP contribution in [0.25, 0.3) is 6.08 Å². The van der Waals surface area contributed by atoms with Gasteiger partial charge < -0.3 is 9.47 Å². The SMILES string of the molecule is CCCCc1ccc(C=C(CCC)C(OC(C)=O)OC(C)=O)cc1. The van der Waals surface area contributed by atoms with E-state index in [0.29, 0.717) is 6.42 Å². The highest BCUT2D eigenvalue weighted by atomic mass is 16.7. The molecule has 0 spiro atoms. The van der Waals surface area contributed by atoms with Crippen molar-refractivity contribution in [3.8, 4) is 0 Å². The van der Waals surface area contributed by atoms with E-state index in [1.165, 1.54) is 32.3 Å². The number of hydrogen-bond donors (Lipinski definition) is 0. The maximum atomic E-state index is 11.3. The number of hydrogen-bond acceptors (Lipinski definition) is 4. The molecule has 0 aliphatic carbocycles. The molecule has 0 atom stereocenters. The van der Waals surface area contributed by atoms with Crippen molar-refractivity contribution >= 4 is 18.0 Å². The fourth-order valence-electron chi connectivity index (χ4n) is 2.40. The Balaban J connectivity index is 2.99. The molecule has 0 unspecified atom stereocenters. The van der Waals surface area contributed by atoms with E-state index in [1.807, 2.05) is 25.1 Å². The van der Waals surface area contributed by atoms with Crippen molar-refractivity contribution in [3.63, 3.8) is 0 Å². The summed E-state index contributed by atoms with van der Waals surface area (Å²) in [6, 6.07) is 8.30. The molecule has 0 N–H and O–H groups in total. The first-order chi connectivity index (χ1) is 11.5. The van der Waals surface area contributed by atoms with Crippen LogP contribution in [0.2, 0.25) is 0 Å². The summed E-state index contributed by atoms with van der Waals surface area (Å²) >= 11 is 0. The van der Waals surface area contributed by atoms with Crippen molar-refractivity contribution in [1.29, 1.82) is 0 Å². The summed E-state index contributed by atoms with van der Waals surface area (Å²) in [5.41, 5.74) is 3.09. The second-order valence-electron chi connectivity index (χ2n) is 5.87. The van der Waals surface area contributed by atoms with Gasteiger partial charge in [-0.2, -0.15) is 0 Å². The predicted molar refractivity (Wildman–Crippen MR) is 95.3 cm³/mol. The number of esters is 2. The molecule has 4 heteroatoms. The third-order valence-electron chi connectivity index (χ3n) is 3.54. The number of rotatable bonds is 9. The standard InChI is InChI=1S/C20H28O4/c1-5-7-9-17-10-12-18(13-11-17)14-19(8-6-2)20(23-15(3)21)24-16(4)22/h10-14,20H,5-9H2,1-4H3.